The van der Waals surface area contributed by atoms with Gasteiger partial charge in [0.2, 0.25) is 5.91 Å². The van der Waals surface area contributed by atoms with E-state index in [2.05, 4.69) is 5.32 Å². The molecular formula is C11H10N2O4. The van der Waals surface area contributed by atoms with Gasteiger partial charge in [-0.2, -0.15) is 0 Å². The number of carboxylic acids is 1. The van der Waals surface area contributed by atoms with Crippen LogP contribution >= 0.6 is 0 Å². The maximum atomic E-state index is 11.7. The van der Waals surface area contributed by atoms with E-state index in [1.54, 1.807) is 6.07 Å². The Bertz CT molecular complexity index is 524. The van der Waals surface area contributed by atoms with Crippen LogP contribution in [0.1, 0.15) is 15.9 Å². The normalized spacial score (nSPS) is 15.0. The molecule has 0 aliphatic carbocycles. The third-order valence-corrected chi connectivity index (χ3v) is 2.56. The van der Waals surface area contributed by atoms with Crippen LogP contribution in [0.15, 0.2) is 18.2 Å². The summed E-state index contributed by atoms with van der Waals surface area (Å²) in [4.78, 5) is 33.4. The highest BCUT2D eigenvalue weighted by Gasteiger charge is 2.25. The van der Waals surface area contributed by atoms with Gasteiger partial charge in [0.15, 0.2) is 11.8 Å². The molecule has 0 saturated carbocycles. The maximum absolute atomic E-state index is 11.7. The third kappa shape index (κ3) is 2.02. The highest BCUT2D eigenvalue weighted by Crippen LogP contribution is 2.24. The molecule has 6 heteroatoms. The highest BCUT2D eigenvalue weighted by molar-refractivity contribution is 6.12. The summed E-state index contributed by atoms with van der Waals surface area (Å²) in [5, 5.41) is 11.3. The molecule has 6 nitrogen and oxygen atoms in total. The number of carboxylic acid groups (broad SMARTS) is 1. The van der Waals surface area contributed by atoms with Crippen molar-refractivity contribution in [2.24, 2.45) is 5.73 Å². The molecule has 0 fully saturated rings. The Labute approximate surface area is 96.4 Å². The second kappa shape index (κ2) is 3.99. The number of hydrogen-bond donors (Lipinski definition) is 3. The Morgan fingerprint density at radius 2 is 2.12 bits per heavy atom. The Morgan fingerprint density at radius 3 is 2.76 bits per heavy atom. The number of nitrogens with two attached hydrogens (primary N) is 1. The topological polar surface area (TPSA) is 109 Å². The van der Waals surface area contributed by atoms with Crippen LogP contribution in [0.4, 0.5) is 5.69 Å². The fraction of sp³-hybridized carbons (Fsp3) is 0.182. The third-order valence-electron chi connectivity index (χ3n) is 2.56. The van der Waals surface area contributed by atoms with Gasteiger partial charge in [0, 0.05) is 11.3 Å². The lowest BCUT2D eigenvalue weighted by Gasteiger charge is -2.06. The van der Waals surface area contributed by atoms with E-state index < -0.39 is 17.8 Å². The van der Waals surface area contributed by atoms with Crippen molar-refractivity contribution in [3.05, 3.63) is 29.3 Å². The molecule has 0 aromatic heterocycles. The molecular weight excluding hydrogens is 224 g/mol. The SMILES string of the molecule is NC(C(=O)O)C(=O)c1ccc2c(c1)CC(=O)N2. The van der Waals surface area contributed by atoms with Crippen LogP contribution < -0.4 is 11.1 Å². The zero-order valence-corrected chi connectivity index (χ0v) is 8.77. The van der Waals surface area contributed by atoms with Gasteiger partial charge in [-0.15, -0.1) is 0 Å². The van der Waals surface area contributed by atoms with Crippen molar-refractivity contribution in [1.82, 2.24) is 0 Å². The van der Waals surface area contributed by atoms with Crippen LogP contribution in [0.2, 0.25) is 0 Å². The van der Waals surface area contributed by atoms with Gasteiger partial charge in [0.25, 0.3) is 0 Å². The Kier molecular flexibility index (Phi) is 2.64. The summed E-state index contributed by atoms with van der Waals surface area (Å²) in [7, 11) is 0. The lowest BCUT2D eigenvalue weighted by molar-refractivity contribution is -0.137. The van der Waals surface area contributed by atoms with E-state index in [9.17, 15) is 14.4 Å². The van der Waals surface area contributed by atoms with Crippen molar-refractivity contribution < 1.29 is 19.5 Å². The fourth-order valence-electron chi connectivity index (χ4n) is 1.67. The maximum Gasteiger partial charge on any atom is 0.328 e. The number of benzene rings is 1. The standard InChI is InChI=1S/C11H10N2O4/c12-9(11(16)17)10(15)5-1-2-7-6(3-5)4-8(14)13-7/h1-3,9H,4,12H2,(H,13,14)(H,16,17). The van der Waals surface area contributed by atoms with E-state index in [4.69, 9.17) is 10.8 Å². The number of aliphatic carboxylic acids is 1. The molecule has 1 aliphatic heterocycles. The number of Topliss-reactive ketones (excluding diaryl/α,β-unsaturated/α-hetero) is 1. The van der Waals surface area contributed by atoms with E-state index in [1.165, 1.54) is 12.1 Å². The predicted octanol–water partition coefficient (Wildman–Crippen LogP) is -0.224. The summed E-state index contributed by atoms with van der Waals surface area (Å²) in [6, 6.07) is 2.95. The molecule has 17 heavy (non-hydrogen) atoms. The summed E-state index contributed by atoms with van der Waals surface area (Å²) < 4.78 is 0. The summed E-state index contributed by atoms with van der Waals surface area (Å²) in [5.41, 5.74) is 6.76. The second-order valence-corrected chi connectivity index (χ2v) is 3.78. The van der Waals surface area contributed by atoms with Gasteiger partial charge in [-0.3, -0.25) is 14.4 Å². The number of fused-ring (bicyclic) bond motifs is 1. The van der Waals surface area contributed by atoms with Crippen molar-refractivity contribution in [3.8, 4) is 0 Å². The number of rotatable bonds is 3. The van der Waals surface area contributed by atoms with Crippen molar-refractivity contribution in [1.29, 1.82) is 0 Å². The van der Waals surface area contributed by atoms with Crippen LogP contribution in [0.3, 0.4) is 0 Å². The van der Waals surface area contributed by atoms with Gasteiger partial charge in [0.1, 0.15) is 0 Å². The average molecular weight is 234 g/mol. The minimum absolute atomic E-state index is 0.146. The zero-order chi connectivity index (χ0) is 12.6. The fourth-order valence-corrected chi connectivity index (χ4v) is 1.67. The molecule has 2 rings (SSSR count). The zero-order valence-electron chi connectivity index (χ0n) is 8.77. The Morgan fingerprint density at radius 1 is 1.41 bits per heavy atom. The summed E-state index contributed by atoms with van der Waals surface area (Å²) >= 11 is 0. The van der Waals surface area contributed by atoms with Gasteiger partial charge >= 0.3 is 5.97 Å². The molecule has 0 spiro atoms. The van der Waals surface area contributed by atoms with E-state index in [1.807, 2.05) is 0 Å². The highest BCUT2D eigenvalue weighted by atomic mass is 16.4. The number of carbonyl (C=O) groups is 3. The van der Waals surface area contributed by atoms with E-state index in [0.717, 1.165) is 0 Å². The van der Waals surface area contributed by atoms with Crippen molar-refractivity contribution >= 4 is 23.3 Å². The van der Waals surface area contributed by atoms with Crippen LogP contribution in [0.5, 0.6) is 0 Å². The second-order valence-electron chi connectivity index (χ2n) is 3.78. The molecule has 1 aromatic rings. The molecule has 0 radical (unpaired) electrons. The van der Waals surface area contributed by atoms with E-state index in [0.29, 0.717) is 11.3 Å². The number of nitrogens with one attached hydrogen (secondary N) is 1. The van der Waals surface area contributed by atoms with Gasteiger partial charge in [0.05, 0.1) is 6.42 Å². The smallest absolute Gasteiger partial charge is 0.328 e. The lowest BCUT2D eigenvalue weighted by atomic mass is 10.0. The van der Waals surface area contributed by atoms with Gasteiger partial charge in [-0.1, -0.05) is 0 Å². The van der Waals surface area contributed by atoms with Crippen molar-refractivity contribution in [2.75, 3.05) is 5.32 Å². The summed E-state index contributed by atoms with van der Waals surface area (Å²) in [6.07, 6.45) is 0.193. The minimum atomic E-state index is -1.57. The van der Waals surface area contributed by atoms with Gasteiger partial charge in [-0.05, 0) is 23.8 Å². The number of carbonyl (C=O) groups excluding carboxylic acids is 2. The average Bonchev–Trinajstić information content (AvgIpc) is 2.65. The molecule has 1 aliphatic rings. The lowest BCUT2D eigenvalue weighted by Crippen LogP contribution is -2.38. The van der Waals surface area contributed by atoms with E-state index >= 15 is 0 Å². The molecule has 0 saturated heterocycles. The first-order valence-electron chi connectivity index (χ1n) is 4.94. The van der Waals surface area contributed by atoms with E-state index in [-0.39, 0.29) is 17.9 Å². The largest absolute Gasteiger partial charge is 0.480 e. The number of anilines is 1. The monoisotopic (exact) mass is 234 g/mol. The molecule has 1 amide bonds. The van der Waals surface area contributed by atoms with Crippen LogP contribution in [0, 0.1) is 0 Å². The van der Waals surface area contributed by atoms with Crippen LogP contribution in [0.25, 0.3) is 0 Å². The predicted molar refractivity (Wildman–Crippen MR) is 58.7 cm³/mol. The summed E-state index contributed by atoms with van der Waals surface area (Å²) in [6.45, 7) is 0. The molecule has 1 atom stereocenters. The first-order valence-corrected chi connectivity index (χ1v) is 4.94. The van der Waals surface area contributed by atoms with Gasteiger partial charge < -0.3 is 16.2 Å². The van der Waals surface area contributed by atoms with Crippen LogP contribution in [-0.2, 0) is 16.0 Å². The quantitative estimate of drug-likeness (QED) is 0.494. The number of hydrogen-bond acceptors (Lipinski definition) is 4. The Hall–Kier alpha value is -2.21. The number of amides is 1. The van der Waals surface area contributed by atoms with Crippen LogP contribution in [-0.4, -0.2) is 28.8 Å². The van der Waals surface area contributed by atoms with Crippen molar-refractivity contribution in [2.45, 2.75) is 12.5 Å². The summed E-state index contributed by atoms with van der Waals surface area (Å²) in [5.74, 6) is -2.18. The molecule has 0 bridgehead atoms. The molecule has 1 unspecified atom stereocenters. The molecule has 4 N–H and O–H groups in total. The molecule has 88 valence electrons. The minimum Gasteiger partial charge on any atom is -0.480 e. The first kappa shape index (κ1) is 11.3. The molecule has 1 aromatic carbocycles. The first-order chi connectivity index (χ1) is 7.99. The van der Waals surface area contributed by atoms with Crippen molar-refractivity contribution in [3.63, 3.8) is 0 Å². The Balaban J connectivity index is 2.30. The van der Waals surface area contributed by atoms with Gasteiger partial charge in [-0.25, -0.2) is 0 Å². The molecule has 1 heterocycles. The number of ketones is 1.